The summed E-state index contributed by atoms with van der Waals surface area (Å²) in [5.74, 6) is 0.629. The number of aromatic amines is 1. The molecule has 5 nitrogen and oxygen atoms in total. The van der Waals surface area contributed by atoms with Gasteiger partial charge in [0, 0.05) is 18.0 Å². The highest BCUT2D eigenvalue weighted by molar-refractivity contribution is 5.98. The smallest absolute Gasteiger partial charge is 0.222 e. The number of hydrogen-bond donors (Lipinski definition) is 2. The number of fused-ring (bicyclic) bond motifs is 1. The van der Waals surface area contributed by atoms with E-state index in [4.69, 9.17) is 0 Å². The molecule has 2 N–H and O–H groups in total. The van der Waals surface area contributed by atoms with Crippen LogP contribution in [0.1, 0.15) is 12.5 Å². The van der Waals surface area contributed by atoms with Crippen LogP contribution < -0.4 is 5.43 Å². The quantitative estimate of drug-likeness (QED) is 0.555. The Labute approximate surface area is 110 Å². The summed E-state index contributed by atoms with van der Waals surface area (Å²) in [7, 11) is 0. The first-order valence-corrected chi connectivity index (χ1v) is 5.98. The summed E-state index contributed by atoms with van der Waals surface area (Å²) in [6.45, 7) is 1.92. The molecule has 2 aromatic heterocycles. The van der Waals surface area contributed by atoms with Crippen LogP contribution in [-0.2, 0) is 0 Å². The van der Waals surface area contributed by atoms with Gasteiger partial charge in [-0.1, -0.05) is 18.2 Å². The molecule has 0 saturated heterocycles. The fourth-order valence-electron chi connectivity index (χ4n) is 1.78. The van der Waals surface area contributed by atoms with Crippen LogP contribution >= 0.6 is 0 Å². The first kappa shape index (κ1) is 11.4. The molecule has 0 amide bonds. The van der Waals surface area contributed by atoms with Gasteiger partial charge in [0.25, 0.3) is 0 Å². The van der Waals surface area contributed by atoms with Crippen LogP contribution in [-0.4, -0.2) is 20.7 Å². The lowest BCUT2D eigenvalue weighted by Gasteiger charge is -1.99. The van der Waals surface area contributed by atoms with Crippen molar-refractivity contribution >= 4 is 22.7 Å². The van der Waals surface area contributed by atoms with Crippen LogP contribution in [0.2, 0.25) is 0 Å². The number of hydrogen-bond acceptors (Lipinski definition) is 4. The van der Waals surface area contributed by atoms with Crippen molar-refractivity contribution in [2.24, 2.45) is 5.10 Å². The SMILES string of the molecule is C/C(=N\Nc1nc2ccccc2[nH]1)c1cccnc1. The number of nitrogens with zero attached hydrogens (tertiary/aromatic N) is 3. The topological polar surface area (TPSA) is 66.0 Å². The number of nitrogens with one attached hydrogen (secondary N) is 2. The molecule has 0 aliphatic carbocycles. The average molecular weight is 251 g/mol. The van der Waals surface area contributed by atoms with E-state index in [-0.39, 0.29) is 0 Å². The van der Waals surface area contributed by atoms with E-state index in [2.05, 4.69) is 25.5 Å². The maximum absolute atomic E-state index is 4.39. The summed E-state index contributed by atoms with van der Waals surface area (Å²) in [6.07, 6.45) is 3.52. The van der Waals surface area contributed by atoms with E-state index >= 15 is 0 Å². The van der Waals surface area contributed by atoms with Gasteiger partial charge in [-0.25, -0.2) is 10.4 Å². The van der Waals surface area contributed by atoms with Crippen molar-refractivity contribution in [1.29, 1.82) is 0 Å². The molecule has 0 bridgehead atoms. The Morgan fingerprint density at radius 1 is 1.21 bits per heavy atom. The van der Waals surface area contributed by atoms with E-state index in [1.807, 2.05) is 43.3 Å². The van der Waals surface area contributed by atoms with Crippen LogP contribution in [0.5, 0.6) is 0 Å². The van der Waals surface area contributed by atoms with Gasteiger partial charge < -0.3 is 4.98 Å². The molecule has 94 valence electrons. The first-order chi connectivity index (χ1) is 9.33. The summed E-state index contributed by atoms with van der Waals surface area (Å²) < 4.78 is 0. The van der Waals surface area contributed by atoms with Gasteiger partial charge in [0.15, 0.2) is 0 Å². The maximum Gasteiger partial charge on any atom is 0.222 e. The Balaban J connectivity index is 1.82. The minimum absolute atomic E-state index is 0.629. The summed E-state index contributed by atoms with van der Waals surface area (Å²) in [5.41, 5.74) is 6.66. The van der Waals surface area contributed by atoms with Crippen LogP contribution in [0.15, 0.2) is 53.9 Å². The molecule has 0 aliphatic heterocycles. The molecule has 3 rings (SSSR count). The Kier molecular flexibility index (Phi) is 2.94. The molecule has 5 heteroatoms. The predicted molar refractivity (Wildman–Crippen MR) is 76.2 cm³/mol. The standard InChI is InChI=1S/C14H13N5/c1-10(11-5-4-8-15-9-11)18-19-14-16-12-6-2-3-7-13(12)17-14/h2-9H,1H3,(H2,16,17,19)/b18-10+. The van der Waals surface area contributed by atoms with Crippen molar-refractivity contribution in [1.82, 2.24) is 15.0 Å². The second-order valence-corrected chi connectivity index (χ2v) is 4.15. The number of benzene rings is 1. The minimum Gasteiger partial charge on any atom is -0.323 e. The number of aromatic nitrogens is 3. The van der Waals surface area contributed by atoms with Crippen molar-refractivity contribution < 1.29 is 0 Å². The van der Waals surface area contributed by atoms with E-state index in [1.165, 1.54) is 0 Å². The minimum atomic E-state index is 0.629. The van der Waals surface area contributed by atoms with Crippen molar-refractivity contribution in [3.05, 3.63) is 54.4 Å². The summed E-state index contributed by atoms with van der Waals surface area (Å²) >= 11 is 0. The maximum atomic E-state index is 4.39. The zero-order chi connectivity index (χ0) is 13.1. The number of pyridine rings is 1. The number of rotatable bonds is 3. The fourth-order valence-corrected chi connectivity index (χ4v) is 1.78. The normalized spacial score (nSPS) is 11.7. The lowest BCUT2D eigenvalue weighted by Crippen LogP contribution is -2.00. The second kappa shape index (κ2) is 4.89. The molecule has 0 unspecified atom stereocenters. The van der Waals surface area contributed by atoms with Gasteiger partial charge >= 0.3 is 0 Å². The third-order valence-electron chi connectivity index (χ3n) is 2.80. The van der Waals surface area contributed by atoms with Gasteiger partial charge in [-0.3, -0.25) is 4.98 Å². The number of H-pyrrole nitrogens is 1. The van der Waals surface area contributed by atoms with Crippen molar-refractivity contribution in [2.75, 3.05) is 5.43 Å². The lowest BCUT2D eigenvalue weighted by molar-refractivity contribution is 1.20. The van der Waals surface area contributed by atoms with Gasteiger partial charge in [-0.15, -0.1) is 0 Å². The van der Waals surface area contributed by atoms with E-state index in [1.54, 1.807) is 12.4 Å². The van der Waals surface area contributed by atoms with E-state index < -0.39 is 0 Å². The van der Waals surface area contributed by atoms with E-state index in [0.717, 1.165) is 22.3 Å². The Morgan fingerprint density at radius 3 is 2.89 bits per heavy atom. The monoisotopic (exact) mass is 251 g/mol. The van der Waals surface area contributed by atoms with Gasteiger partial charge in [-0.2, -0.15) is 5.10 Å². The molecule has 0 spiro atoms. The largest absolute Gasteiger partial charge is 0.323 e. The van der Waals surface area contributed by atoms with E-state index in [9.17, 15) is 0 Å². The summed E-state index contributed by atoms with van der Waals surface area (Å²) in [5, 5.41) is 4.29. The number of anilines is 1. The van der Waals surface area contributed by atoms with Crippen molar-refractivity contribution in [3.63, 3.8) is 0 Å². The molecule has 3 aromatic rings. The molecule has 2 heterocycles. The van der Waals surface area contributed by atoms with Gasteiger partial charge in [0.05, 0.1) is 16.7 Å². The summed E-state index contributed by atoms with van der Waals surface area (Å²) in [6, 6.07) is 11.7. The summed E-state index contributed by atoms with van der Waals surface area (Å²) in [4.78, 5) is 11.6. The third-order valence-corrected chi connectivity index (χ3v) is 2.80. The molecule has 0 saturated carbocycles. The molecule has 1 aromatic carbocycles. The van der Waals surface area contributed by atoms with E-state index in [0.29, 0.717) is 5.95 Å². The third kappa shape index (κ3) is 2.44. The van der Waals surface area contributed by atoms with Crippen LogP contribution in [0.3, 0.4) is 0 Å². The predicted octanol–water partition coefficient (Wildman–Crippen LogP) is 2.79. The fraction of sp³-hybridized carbons (Fsp3) is 0.0714. The number of imidazole rings is 1. The van der Waals surface area contributed by atoms with Gasteiger partial charge in [0.1, 0.15) is 0 Å². The van der Waals surface area contributed by atoms with Crippen molar-refractivity contribution in [2.45, 2.75) is 6.92 Å². The molecule has 0 aliphatic rings. The zero-order valence-corrected chi connectivity index (χ0v) is 10.5. The van der Waals surface area contributed by atoms with Gasteiger partial charge in [0.2, 0.25) is 5.95 Å². The molecule has 0 fully saturated rings. The highest BCUT2D eigenvalue weighted by Gasteiger charge is 2.01. The molecule has 19 heavy (non-hydrogen) atoms. The Bertz CT molecular complexity index is 682. The highest BCUT2D eigenvalue weighted by Crippen LogP contribution is 2.13. The first-order valence-electron chi connectivity index (χ1n) is 5.98. The number of para-hydroxylation sites is 2. The lowest BCUT2D eigenvalue weighted by atomic mass is 10.2. The number of hydrazone groups is 1. The zero-order valence-electron chi connectivity index (χ0n) is 10.5. The molecule has 0 radical (unpaired) electrons. The van der Waals surface area contributed by atoms with Gasteiger partial charge in [-0.05, 0) is 25.1 Å². The molecule has 0 atom stereocenters. The Morgan fingerprint density at radius 2 is 2.11 bits per heavy atom. The second-order valence-electron chi connectivity index (χ2n) is 4.15. The Hall–Kier alpha value is -2.69. The van der Waals surface area contributed by atoms with Crippen LogP contribution in [0, 0.1) is 0 Å². The molecular weight excluding hydrogens is 238 g/mol. The molecular formula is C14H13N5. The van der Waals surface area contributed by atoms with Crippen LogP contribution in [0.4, 0.5) is 5.95 Å². The van der Waals surface area contributed by atoms with Crippen molar-refractivity contribution in [3.8, 4) is 0 Å². The highest BCUT2D eigenvalue weighted by atomic mass is 15.4. The average Bonchev–Trinajstić information content (AvgIpc) is 2.88. The van der Waals surface area contributed by atoms with Crippen LogP contribution in [0.25, 0.3) is 11.0 Å².